The number of ether oxygens (including phenoxy) is 1. The molecule has 3 aromatic carbocycles. The van der Waals surface area contributed by atoms with Crippen LogP contribution in [0.25, 0.3) is 0 Å². The average molecular weight is 500 g/mol. The van der Waals surface area contributed by atoms with Crippen LogP contribution in [-0.4, -0.2) is 53.2 Å². The maximum Gasteiger partial charge on any atom is 0.259 e. The van der Waals surface area contributed by atoms with Crippen LogP contribution in [0.2, 0.25) is 0 Å². The Morgan fingerprint density at radius 2 is 1.37 bits per heavy atom. The minimum absolute atomic E-state index is 0. The van der Waals surface area contributed by atoms with Crippen LogP contribution in [0.5, 0.6) is 17.2 Å². The second kappa shape index (κ2) is 13.2. The number of para-hydroxylation sites is 2. The summed E-state index contributed by atoms with van der Waals surface area (Å²) in [6.45, 7) is 7.06. The fourth-order valence-corrected chi connectivity index (χ4v) is 3.38. The highest BCUT2D eigenvalue weighted by Gasteiger charge is 2.16. The van der Waals surface area contributed by atoms with E-state index in [2.05, 4.69) is 29.4 Å². The summed E-state index contributed by atoms with van der Waals surface area (Å²) in [5.74, 6) is -0.865. The zero-order valence-electron chi connectivity index (χ0n) is 19.7. The van der Waals surface area contributed by atoms with Crippen molar-refractivity contribution in [3.05, 3.63) is 77.9 Å². The molecule has 0 aliphatic carbocycles. The Hall–Kier alpha value is -3.75. The Balaban J connectivity index is 0.00000432. The SMILES string of the molecule is CCN(CC)CCOc1ccc(NC(=O)c2ccccc2O)cc1NC(=O)c1ccccc1O.Cl. The number of nitrogens with one attached hydrogen (secondary N) is 2. The lowest BCUT2D eigenvalue weighted by atomic mass is 10.1. The Morgan fingerprint density at radius 1 is 0.829 bits per heavy atom. The maximum atomic E-state index is 12.8. The number of amides is 2. The van der Waals surface area contributed by atoms with Gasteiger partial charge in [0.15, 0.2) is 0 Å². The first-order valence-electron chi connectivity index (χ1n) is 11.1. The molecule has 0 heterocycles. The Morgan fingerprint density at radius 3 is 1.91 bits per heavy atom. The van der Waals surface area contributed by atoms with Crippen molar-refractivity contribution >= 4 is 35.6 Å². The molecule has 0 spiro atoms. The first-order valence-corrected chi connectivity index (χ1v) is 11.1. The molecule has 0 radical (unpaired) electrons. The fourth-order valence-electron chi connectivity index (χ4n) is 3.38. The molecule has 3 aromatic rings. The van der Waals surface area contributed by atoms with Crippen LogP contribution in [0, 0.1) is 0 Å². The molecular weight excluding hydrogens is 470 g/mol. The van der Waals surface area contributed by atoms with E-state index in [9.17, 15) is 19.8 Å². The van der Waals surface area contributed by atoms with E-state index in [-0.39, 0.29) is 35.0 Å². The third kappa shape index (κ3) is 7.37. The quantitative estimate of drug-likeness (QED) is 0.320. The zero-order valence-corrected chi connectivity index (χ0v) is 20.5. The second-order valence-electron chi connectivity index (χ2n) is 7.53. The minimum atomic E-state index is -0.518. The lowest BCUT2D eigenvalue weighted by molar-refractivity contribution is 0.101. The van der Waals surface area contributed by atoms with Crippen molar-refractivity contribution in [3.8, 4) is 17.2 Å². The number of hydrogen-bond acceptors (Lipinski definition) is 6. The molecule has 0 aliphatic rings. The van der Waals surface area contributed by atoms with Gasteiger partial charge in [0, 0.05) is 12.2 Å². The van der Waals surface area contributed by atoms with Crippen LogP contribution in [0.1, 0.15) is 34.6 Å². The molecule has 0 fully saturated rings. The fraction of sp³-hybridized carbons (Fsp3) is 0.231. The third-order valence-corrected chi connectivity index (χ3v) is 5.34. The molecule has 9 heteroatoms. The zero-order chi connectivity index (χ0) is 24.5. The van der Waals surface area contributed by atoms with Gasteiger partial charge in [0.1, 0.15) is 23.9 Å². The molecule has 0 atom stereocenters. The van der Waals surface area contributed by atoms with Crippen molar-refractivity contribution in [2.75, 3.05) is 36.9 Å². The smallest absolute Gasteiger partial charge is 0.259 e. The number of rotatable bonds is 10. The van der Waals surface area contributed by atoms with Crippen molar-refractivity contribution in [1.29, 1.82) is 0 Å². The normalized spacial score (nSPS) is 10.4. The molecule has 0 unspecified atom stereocenters. The average Bonchev–Trinajstić information content (AvgIpc) is 2.83. The van der Waals surface area contributed by atoms with E-state index in [1.165, 1.54) is 24.3 Å². The molecule has 8 nitrogen and oxygen atoms in total. The van der Waals surface area contributed by atoms with Crippen LogP contribution >= 0.6 is 12.4 Å². The number of anilines is 2. The highest BCUT2D eigenvalue weighted by molar-refractivity contribution is 6.08. The van der Waals surface area contributed by atoms with Gasteiger partial charge in [0.05, 0.1) is 16.8 Å². The number of carbonyl (C=O) groups excluding carboxylic acids is 2. The molecule has 35 heavy (non-hydrogen) atoms. The highest BCUT2D eigenvalue weighted by Crippen LogP contribution is 2.30. The molecule has 0 saturated heterocycles. The van der Waals surface area contributed by atoms with Gasteiger partial charge in [-0.2, -0.15) is 0 Å². The standard InChI is InChI=1S/C26H29N3O5.ClH/c1-3-29(4-2)15-16-34-24-14-13-18(27-25(32)19-9-5-7-11-22(19)30)17-21(24)28-26(33)20-10-6-8-12-23(20)31;/h5-14,17,30-31H,3-4,15-16H2,1-2H3,(H,27,32)(H,28,33);1H. The number of nitrogens with zero attached hydrogens (tertiary/aromatic N) is 1. The largest absolute Gasteiger partial charge is 0.507 e. The number of benzene rings is 3. The molecule has 0 aromatic heterocycles. The predicted molar refractivity (Wildman–Crippen MR) is 139 cm³/mol. The van der Waals surface area contributed by atoms with Crippen LogP contribution in [0.4, 0.5) is 11.4 Å². The van der Waals surface area contributed by atoms with Gasteiger partial charge in [0.25, 0.3) is 11.8 Å². The van der Waals surface area contributed by atoms with Gasteiger partial charge in [0.2, 0.25) is 0 Å². The van der Waals surface area contributed by atoms with E-state index in [0.29, 0.717) is 30.3 Å². The van der Waals surface area contributed by atoms with E-state index in [1.807, 2.05) is 0 Å². The summed E-state index contributed by atoms with van der Waals surface area (Å²) in [5.41, 5.74) is 0.974. The topological polar surface area (TPSA) is 111 Å². The maximum absolute atomic E-state index is 12.8. The van der Waals surface area contributed by atoms with Gasteiger partial charge < -0.3 is 30.5 Å². The van der Waals surface area contributed by atoms with Crippen molar-refractivity contribution in [1.82, 2.24) is 4.90 Å². The van der Waals surface area contributed by atoms with Crippen molar-refractivity contribution in [2.24, 2.45) is 0 Å². The number of halogens is 1. The number of hydrogen-bond donors (Lipinski definition) is 4. The van der Waals surface area contributed by atoms with Crippen molar-refractivity contribution in [2.45, 2.75) is 13.8 Å². The third-order valence-electron chi connectivity index (χ3n) is 5.34. The number of phenols is 2. The Labute approximate surface area is 211 Å². The first kappa shape index (κ1) is 27.5. The molecule has 4 N–H and O–H groups in total. The van der Waals surface area contributed by atoms with Gasteiger partial charge in [-0.15, -0.1) is 12.4 Å². The number of aromatic hydroxyl groups is 2. The summed E-state index contributed by atoms with van der Waals surface area (Å²) >= 11 is 0. The molecular formula is C26H30ClN3O5. The van der Waals surface area contributed by atoms with Gasteiger partial charge in [-0.25, -0.2) is 0 Å². The highest BCUT2D eigenvalue weighted by atomic mass is 35.5. The van der Waals surface area contributed by atoms with Gasteiger partial charge >= 0.3 is 0 Å². The Bertz CT molecular complexity index is 1150. The molecule has 0 aliphatic heterocycles. The molecule has 0 saturated carbocycles. The van der Waals surface area contributed by atoms with Crippen LogP contribution < -0.4 is 15.4 Å². The lowest BCUT2D eigenvalue weighted by Crippen LogP contribution is -2.28. The van der Waals surface area contributed by atoms with Crippen LogP contribution in [-0.2, 0) is 0 Å². The van der Waals surface area contributed by atoms with E-state index in [1.54, 1.807) is 42.5 Å². The summed E-state index contributed by atoms with van der Waals surface area (Å²) < 4.78 is 5.93. The van der Waals surface area contributed by atoms with Crippen molar-refractivity contribution in [3.63, 3.8) is 0 Å². The van der Waals surface area contributed by atoms with Crippen LogP contribution in [0.15, 0.2) is 66.7 Å². The van der Waals surface area contributed by atoms with Gasteiger partial charge in [-0.3, -0.25) is 9.59 Å². The minimum Gasteiger partial charge on any atom is -0.507 e. The Kier molecular flexibility index (Phi) is 10.4. The summed E-state index contributed by atoms with van der Waals surface area (Å²) in [4.78, 5) is 27.6. The number of phenolic OH excluding ortho intramolecular Hbond substituents is 2. The molecule has 3 rings (SSSR count). The second-order valence-corrected chi connectivity index (χ2v) is 7.53. The van der Waals surface area contributed by atoms with Crippen LogP contribution in [0.3, 0.4) is 0 Å². The van der Waals surface area contributed by atoms with E-state index in [0.717, 1.165) is 13.1 Å². The van der Waals surface area contributed by atoms with Crippen molar-refractivity contribution < 1.29 is 24.5 Å². The van der Waals surface area contributed by atoms with E-state index >= 15 is 0 Å². The predicted octanol–water partition coefficient (Wildman–Crippen LogP) is 4.74. The summed E-state index contributed by atoms with van der Waals surface area (Å²) in [7, 11) is 0. The summed E-state index contributed by atoms with van der Waals surface area (Å²) in [5, 5.41) is 25.5. The van der Waals surface area contributed by atoms with Gasteiger partial charge in [-0.1, -0.05) is 38.1 Å². The van der Waals surface area contributed by atoms with E-state index in [4.69, 9.17) is 4.74 Å². The summed E-state index contributed by atoms with van der Waals surface area (Å²) in [6, 6.07) is 17.3. The number of likely N-dealkylation sites (N-methyl/N-ethyl adjacent to an activating group) is 1. The number of carbonyl (C=O) groups is 2. The van der Waals surface area contributed by atoms with E-state index < -0.39 is 11.8 Å². The molecule has 0 bridgehead atoms. The lowest BCUT2D eigenvalue weighted by Gasteiger charge is -2.19. The molecule has 2 amide bonds. The first-order chi connectivity index (χ1) is 16.4. The molecule has 186 valence electrons. The van der Waals surface area contributed by atoms with Gasteiger partial charge in [-0.05, 0) is 55.6 Å². The summed E-state index contributed by atoms with van der Waals surface area (Å²) in [6.07, 6.45) is 0. The monoisotopic (exact) mass is 499 g/mol.